The number of hydrogen-bond acceptors (Lipinski definition) is 3. The Kier molecular flexibility index (Phi) is 5.47. The maximum atomic E-state index is 13.8. The molecule has 0 saturated heterocycles. The number of rotatable bonds is 4. The molecule has 1 amide bonds. The predicted molar refractivity (Wildman–Crippen MR) is 84.1 cm³/mol. The minimum absolute atomic E-state index is 0.291. The quantitative estimate of drug-likeness (QED) is 0.381. The van der Waals surface area contributed by atoms with Gasteiger partial charge in [0, 0.05) is 16.2 Å². The Bertz CT molecular complexity index is 662. The van der Waals surface area contributed by atoms with Crippen LogP contribution in [0.25, 0.3) is 0 Å². The first-order valence-corrected chi connectivity index (χ1v) is 7.63. The summed E-state index contributed by atoms with van der Waals surface area (Å²) in [6.07, 6.45) is 0. The van der Waals surface area contributed by atoms with Crippen molar-refractivity contribution in [1.29, 1.82) is 0 Å². The summed E-state index contributed by atoms with van der Waals surface area (Å²) < 4.78 is 13.8. The average Bonchev–Trinajstić information content (AvgIpc) is 2.47. The lowest BCUT2D eigenvalue weighted by molar-refractivity contribution is 0.0953. The average molecular weight is 345 g/mol. The van der Waals surface area contributed by atoms with Crippen molar-refractivity contribution in [2.24, 2.45) is 5.84 Å². The standard InChI is InChI=1S/C14H11Cl2FN2OS/c15-10-2-1-3-11(16)13(10)21-7-9-6-8(14(20)19-18)4-5-12(9)17/h1-6H,7,18H2,(H,19,20). The van der Waals surface area contributed by atoms with Crippen LogP contribution in [0.3, 0.4) is 0 Å². The number of nitrogens with two attached hydrogens (primary N) is 1. The molecule has 0 heterocycles. The highest BCUT2D eigenvalue weighted by Gasteiger charge is 2.11. The van der Waals surface area contributed by atoms with Crippen molar-refractivity contribution in [3.8, 4) is 0 Å². The molecular weight excluding hydrogens is 334 g/mol. The zero-order chi connectivity index (χ0) is 15.4. The molecular formula is C14H11Cl2FN2OS. The monoisotopic (exact) mass is 344 g/mol. The number of thioether (sulfide) groups is 1. The van der Waals surface area contributed by atoms with Gasteiger partial charge in [0.1, 0.15) is 5.82 Å². The Morgan fingerprint density at radius 1 is 1.24 bits per heavy atom. The van der Waals surface area contributed by atoms with Gasteiger partial charge < -0.3 is 0 Å². The van der Waals surface area contributed by atoms with Crippen LogP contribution in [0, 0.1) is 5.82 Å². The molecule has 2 aromatic carbocycles. The summed E-state index contributed by atoms with van der Waals surface area (Å²) in [5, 5.41) is 1.01. The van der Waals surface area contributed by atoms with E-state index in [1.807, 2.05) is 5.43 Å². The molecule has 0 spiro atoms. The van der Waals surface area contributed by atoms with Gasteiger partial charge in [0.05, 0.1) is 10.0 Å². The summed E-state index contributed by atoms with van der Waals surface area (Å²) in [5.41, 5.74) is 2.67. The van der Waals surface area contributed by atoms with Gasteiger partial charge in [0.2, 0.25) is 0 Å². The highest BCUT2D eigenvalue weighted by atomic mass is 35.5. The fraction of sp³-hybridized carbons (Fsp3) is 0.0714. The highest BCUT2D eigenvalue weighted by Crippen LogP contribution is 2.36. The van der Waals surface area contributed by atoms with E-state index in [0.717, 1.165) is 0 Å². The summed E-state index contributed by atoms with van der Waals surface area (Å²) in [6.45, 7) is 0. The molecule has 0 unspecified atom stereocenters. The van der Waals surface area contributed by atoms with Crippen LogP contribution in [0.2, 0.25) is 10.0 Å². The van der Waals surface area contributed by atoms with Gasteiger partial charge in [-0.2, -0.15) is 0 Å². The minimum atomic E-state index is -0.475. The number of carbonyl (C=O) groups excluding carboxylic acids is 1. The Morgan fingerprint density at radius 2 is 1.90 bits per heavy atom. The van der Waals surface area contributed by atoms with Crippen molar-refractivity contribution in [3.05, 3.63) is 63.4 Å². The molecule has 110 valence electrons. The molecule has 0 atom stereocenters. The lowest BCUT2D eigenvalue weighted by Gasteiger charge is -2.08. The van der Waals surface area contributed by atoms with Crippen LogP contribution in [-0.2, 0) is 5.75 Å². The van der Waals surface area contributed by atoms with Crippen LogP contribution in [0.4, 0.5) is 4.39 Å². The summed E-state index contributed by atoms with van der Waals surface area (Å²) in [4.78, 5) is 12.1. The molecule has 0 aliphatic rings. The Balaban J connectivity index is 2.22. The molecule has 2 aromatic rings. The van der Waals surface area contributed by atoms with Crippen molar-refractivity contribution >= 4 is 40.9 Å². The van der Waals surface area contributed by atoms with Crippen LogP contribution in [0.1, 0.15) is 15.9 Å². The van der Waals surface area contributed by atoms with Gasteiger partial charge in [-0.25, -0.2) is 10.2 Å². The van der Waals surface area contributed by atoms with Gasteiger partial charge in [0.25, 0.3) is 5.91 Å². The fourth-order valence-corrected chi connectivity index (χ4v) is 3.34. The lowest BCUT2D eigenvalue weighted by Crippen LogP contribution is -2.30. The second kappa shape index (κ2) is 7.13. The number of hydrazine groups is 1. The SMILES string of the molecule is NNC(=O)c1ccc(F)c(CSc2c(Cl)cccc2Cl)c1. The molecule has 0 aliphatic heterocycles. The highest BCUT2D eigenvalue weighted by molar-refractivity contribution is 7.98. The number of nitrogen functional groups attached to an aromatic ring is 1. The second-order valence-corrected chi connectivity index (χ2v) is 5.92. The maximum absolute atomic E-state index is 13.8. The van der Waals surface area contributed by atoms with E-state index in [1.54, 1.807) is 18.2 Å². The molecule has 7 heteroatoms. The summed E-state index contributed by atoms with van der Waals surface area (Å²) in [7, 11) is 0. The molecule has 0 aliphatic carbocycles. The van der Waals surface area contributed by atoms with Gasteiger partial charge in [-0.3, -0.25) is 10.2 Å². The van der Waals surface area contributed by atoms with Crippen molar-refractivity contribution in [2.75, 3.05) is 0 Å². The summed E-state index contributed by atoms with van der Waals surface area (Å²) in [6, 6.07) is 9.22. The van der Waals surface area contributed by atoms with Gasteiger partial charge >= 0.3 is 0 Å². The van der Waals surface area contributed by atoms with Gasteiger partial charge in [-0.15, -0.1) is 11.8 Å². The predicted octanol–water partition coefficient (Wildman–Crippen LogP) is 4.03. The first-order valence-electron chi connectivity index (χ1n) is 5.89. The third kappa shape index (κ3) is 3.89. The maximum Gasteiger partial charge on any atom is 0.265 e. The van der Waals surface area contributed by atoms with Crippen LogP contribution >= 0.6 is 35.0 Å². The van der Waals surface area contributed by atoms with E-state index in [0.29, 0.717) is 31.8 Å². The van der Waals surface area contributed by atoms with Crippen molar-refractivity contribution in [2.45, 2.75) is 10.6 Å². The number of carbonyl (C=O) groups is 1. The first-order chi connectivity index (χ1) is 10.0. The van der Waals surface area contributed by atoms with Crippen LogP contribution in [-0.4, -0.2) is 5.91 Å². The third-order valence-corrected chi connectivity index (χ3v) is 4.77. The zero-order valence-corrected chi connectivity index (χ0v) is 13.0. The van der Waals surface area contributed by atoms with Gasteiger partial charge in [-0.1, -0.05) is 29.3 Å². The van der Waals surface area contributed by atoms with Crippen LogP contribution < -0.4 is 11.3 Å². The van der Waals surface area contributed by atoms with E-state index in [2.05, 4.69) is 0 Å². The van der Waals surface area contributed by atoms with Crippen molar-refractivity contribution in [1.82, 2.24) is 5.43 Å². The number of hydrogen-bond donors (Lipinski definition) is 2. The van der Waals surface area contributed by atoms with Crippen molar-refractivity contribution in [3.63, 3.8) is 0 Å². The molecule has 0 fully saturated rings. The third-order valence-electron chi connectivity index (χ3n) is 2.73. The largest absolute Gasteiger partial charge is 0.290 e. The first kappa shape index (κ1) is 16.1. The number of amides is 1. The number of nitrogens with one attached hydrogen (secondary N) is 1. The lowest BCUT2D eigenvalue weighted by atomic mass is 10.1. The van der Waals surface area contributed by atoms with E-state index >= 15 is 0 Å². The normalized spacial score (nSPS) is 10.5. The molecule has 0 aromatic heterocycles. The molecule has 3 N–H and O–H groups in total. The summed E-state index contributed by atoms with van der Waals surface area (Å²) in [5.74, 6) is 4.48. The van der Waals surface area contributed by atoms with E-state index in [9.17, 15) is 9.18 Å². The van der Waals surface area contributed by atoms with E-state index in [-0.39, 0.29) is 0 Å². The van der Waals surface area contributed by atoms with E-state index in [1.165, 1.54) is 30.0 Å². The molecule has 3 nitrogen and oxygen atoms in total. The van der Waals surface area contributed by atoms with Gasteiger partial charge in [0.15, 0.2) is 0 Å². The Labute approximate surface area is 135 Å². The van der Waals surface area contributed by atoms with Crippen LogP contribution in [0.5, 0.6) is 0 Å². The molecule has 2 rings (SSSR count). The Hall–Kier alpha value is -1.27. The second-order valence-electron chi connectivity index (χ2n) is 4.12. The fourth-order valence-electron chi connectivity index (χ4n) is 1.68. The van der Waals surface area contributed by atoms with E-state index in [4.69, 9.17) is 29.0 Å². The zero-order valence-electron chi connectivity index (χ0n) is 10.7. The molecule has 0 radical (unpaired) electrons. The molecule has 0 bridgehead atoms. The number of benzene rings is 2. The Morgan fingerprint density at radius 3 is 2.52 bits per heavy atom. The molecule has 21 heavy (non-hydrogen) atoms. The minimum Gasteiger partial charge on any atom is -0.290 e. The molecule has 0 saturated carbocycles. The number of halogens is 3. The smallest absolute Gasteiger partial charge is 0.265 e. The van der Waals surface area contributed by atoms with Crippen LogP contribution in [0.15, 0.2) is 41.3 Å². The van der Waals surface area contributed by atoms with E-state index < -0.39 is 11.7 Å². The topological polar surface area (TPSA) is 55.1 Å². The summed E-state index contributed by atoms with van der Waals surface area (Å²) >= 11 is 13.4. The van der Waals surface area contributed by atoms with Crippen molar-refractivity contribution < 1.29 is 9.18 Å². The van der Waals surface area contributed by atoms with Gasteiger partial charge in [-0.05, 0) is 35.9 Å².